The number of hydrogen-bond donors (Lipinski definition) is 2. The van der Waals surface area contributed by atoms with Crippen molar-refractivity contribution in [1.82, 2.24) is 4.90 Å². The van der Waals surface area contributed by atoms with Crippen LogP contribution in [-0.2, 0) is 0 Å². The van der Waals surface area contributed by atoms with Crippen molar-refractivity contribution in [3.05, 3.63) is 53.6 Å². The van der Waals surface area contributed by atoms with Crippen molar-refractivity contribution in [2.45, 2.75) is 0 Å². The highest BCUT2D eigenvalue weighted by atomic mass is 19.1. The zero-order valence-electron chi connectivity index (χ0n) is 11.7. The molecule has 0 spiro atoms. The molecule has 0 aliphatic carbocycles. The van der Waals surface area contributed by atoms with Gasteiger partial charge in [0, 0.05) is 25.7 Å². The first-order chi connectivity index (χ1) is 9.88. The summed E-state index contributed by atoms with van der Waals surface area (Å²) in [6.45, 7) is 0. The summed E-state index contributed by atoms with van der Waals surface area (Å²) in [5.74, 6) is -1.39. The monoisotopic (exact) mass is 291 g/mol. The van der Waals surface area contributed by atoms with Crippen LogP contribution in [0.5, 0.6) is 0 Å². The second kappa shape index (κ2) is 5.78. The lowest BCUT2D eigenvalue weighted by Gasteiger charge is -2.14. The second-order valence-corrected chi connectivity index (χ2v) is 4.75. The van der Waals surface area contributed by atoms with E-state index in [0.29, 0.717) is 16.9 Å². The smallest absolute Gasteiger partial charge is 0.253 e. The van der Waals surface area contributed by atoms with E-state index in [4.69, 9.17) is 5.73 Å². The molecular formula is C15H15F2N3O. The van der Waals surface area contributed by atoms with Gasteiger partial charge in [0.05, 0.1) is 17.1 Å². The molecule has 2 aromatic rings. The zero-order valence-corrected chi connectivity index (χ0v) is 11.7. The van der Waals surface area contributed by atoms with Gasteiger partial charge in [-0.2, -0.15) is 0 Å². The minimum atomic E-state index is -0.611. The number of halogens is 2. The van der Waals surface area contributed by atoms with E-state index in [1.54, 1.807) is 20.2 Å². The number of amides is 1. The average Bonchev–Trinajstić information content (AvgIpc) is 2.44. The Kier molecular flexibility index (Phi) is 4.07. The van der Waals surface area contributed by atoms with E-state index >= 15 is 0 Å². The van der Waals surface area contributed by atoms with E-state index in [2.05, 4.69) is 5.32 Å². The normalized spacial score (nSPS) is 10.3. The summed E-state index contributed by atoms with van der Waals surface area (Å²) in [5.41, 5.74) is 6.82. The molecule has 0 saturated heterocycles. The fourth-order valence-corrected chi connectivity index (χ4v) is 1.79. The van der Waals surface area contributed by atoms with Crippen LogP contribution in [0.3, 0.4) is 0 Å². The molecule has 0 saturated carbocycles. The van der Waals surface area contributed by atoms with Crippen LogP contribution in [0.2, 0.25) is 0 Å². The molecule has 2 rings (SSSR count). The van der Waals surface area contributed by atoms with Crippen LogP contribution in [0, 0.1) is 11.6 Å². The summed E-state index contributed by atoms with van der Waals surface area (Å²) >= 11 is 0. The molecule has 2 aromatic carbocycles. The van der Waals surface area contributed by atoms with Gasteiger partial charge in [-0.15, -0.1) is 0 Å². The first-order valence-electron chi connectivity index (χ1n) is 6.21. The van der Waals surface area contributed by atoms with Gasteiger partial charge in [0.2, 0.25) is 0 Å². The summed E-state index contributed by atoms with van der Waals surface area (Å²) < 4.78 is 26.8. The molecule has 0 fully saturated rings. The predicted octanol–water partition coefficient (Wildman–Crippen LogP) is 2.99. The van der Waals surface area contributed by atoms with Crippen LogP contribution in [0.15, 0.2) is 36.4 Å². The quantitative estimate of drug-likeness (QED) is 0.855. The third-order valence-corrected chi connectivity index (χ3v) is 2.90. The lowest BCUT2D eigenvalue weighted by atomic mass is 10.1. The topological polar surface area (TPSA) is 58.4 Å². The van der Waals surface area contributed by atoms with Gasteiger partial charge in [-0.3, -0.25) is 4.79 Å². The Bertz CT molecular complexity index is 687. The molecular weight excluding hydrogens is 276 g/mol. The van der Waals surface area contributed by atoms with Gasteiger partial charge in [-0.1, -0.05) is 0 Å². The number of rotatable bonds is 3. The molecule has 0 aliphatic rings. The second-order valence-electron chi connectivity index (χ2n) is 4.75. The number of anilines is 3. The van der Waals surface area contributed by atoms with Crippen molar-refractivity contribution in [3.63, 3.8) is 0 Å². The summed E-state index contributed by atoms with van der Waals surface area (Å²) in [6, 6.07) is 7.68. The van der Waals surface area contributed by atoms with Crippen LogP contribution >= 0.6 is 0 Å². The van der Waals surface area contributed by atoms with E-state index in [0.717, 1.165) is 18.2 Å². The summed E-state index contributed by atoms with van der Waals surface area (Å²) in [4.78, 5) is 13.3. The van der Waals surface area contributed by atoms with Gasteiger partial charge in [0.1, 0.15) is 11.6 Å². The Labute approximate surface area is 121 Å². The zero-order chi connectivity index (χ0) is 15.6. The van der Waals surface area contributed by atoms with Gasteiger partial charge in [0.15, 0.2) is 0 Å². The van der Waals surface area contributed by atoms with Crippen molar-refractivity contribution in [1.29, 1.82) is 0 Å². The molecule has 6 heteroatoms. The third kappa shape index (κ3) is 3.28. The van der Waals surface area contributed by atoms with Gasteiger partial charge in [-0.25, -0.2) is 8.78 Å². The van der Waals surface area contributed by atoms with Crippen molar-refractivity contribution in [2.75, 3.05) is 25.1 Å². The molecule has 0 bridgehead atoms. The van der Waals surface area contributed by atoms with Crippen LogP contribution in [0.4, 0.5) is 25.8 Å². The summed E-state index contributed by atoms with van der Waals surface area (Å²) in [5, 5.41) is 2.70. The van der Waals surface area contributed by atoms with E-state index < -0.39 is 11.6 Å². The first-order valence-corrected chi connectivity index (χ1v) is 6.21. The molecule has 3 N–H and O–H groups in total. The van der Waals surface area contributed by atoms with Gasteiger partial charge in [-0.05, 0) is 30.3 Å². The van der Waals surface area contributed by atoms with Crippen molar-refractivity contribution in [3.8, 4) is 0 Å². The minimum absolute atomic E-state index is 0.0452. The van der Waals surface area contributed by atoms with Crippen LogP contribution < -0.4 is 11.1 Å². The number of nitrogens with zero attached hydrogens (tertiary/aromatic N) is 1. The molecule has 110 valence electrons. The van der Waals surface area contributed by atoms with Crippen molar-refractivity contribution in [2.24, 2.45) is 0 Å². The highest BCUT2D eigenvalue weighted by Crippen LogP contribution is 2.26. The van der Waals surface area contributed by atoms with Gasteiger partial charge >= 0.3 is 0 Å². The van der Waals surface area contributed by atoms with Crippen molar-refractivity contribution >= 4 is 23.0 Å². The van der Waals surface area contributed by atoms with Gasteiger partial charge < -0.3 is 16.0 Å². The largest absolute Gasteiger partial charge is 0.397 e. The fourth-order valence-electron chi connectivity index (χ4n) is 1.79. The molecule has 0 aromatic heterocycles. The first kappa shape index (κ1) is 14.8. The third-order valence-electron chi connectivity index (χ3n) is 2.90. The standard InChI is InChI=1S/C15H15F2N3O/c1-20(2)15(21)9-3-6-12(18)14(7-9)19-13-8-10(16)4-5-11(13)17/h3-8,19H,18H2,1-2H3. The highest BCUT2D eigenvalue weighted by Gasteiger charge is 2.12. The van der Waals surface area contributed by atoms with Crippen LogP contribution in [0.25, 0.3) is 0 Å². The van der Waals surface area contributed by atoms with Crippen molar-refractivity contribution < 1.29 is 13.6 Å². The summed E-state index contributed by atoms with van der Waals surface area (Å²) in [7, 11) is 3.25. The molecule has 0 atom stereocenters. The Balaban J connectivity index is 2.37. The van der Waals surface area contributed by atoms with Gasteiger partial charge in [0.25, 0.3) is 5.91 Å². The molecule has 4 nitrogen and oxygen atoms in total. The van der Waals surface area contributed by atoms with E-state index in [1.165, 1.54) is 17.0 Å². The molecule has 0 aliphatic heterocycles. The number of carbonyl (C=O) groups excluding carboxylic acids is 1. The summed E-state index contributed by atoms with van der Waals surface area (Å²) in [6.07, 6.45) is 0. The number of nitrogens with two attached hydrogens (primary N) is 1. The number of carbonyl (C=O) groups is 1. The van der Waals surface area contributed by atoms with Crippen LogP contribution in [-0.4, -0.2) is 24.9 Å². The highest BCUT2D eigenvalue weighted by molar-refractivity contribution is 5.96. The molecule has 21 heavy (non-hydrogen) atoms. The number of benzene rings is 2. The molecule has 1 amide bonds. The number of nitrogens with one attached hydrogen (secondary N) is 1. The van der Waals surface area contributed by atoms with Crippen LogP contribution in [0.1, 0.15) is 10.4 Å². The SMILES string of the molecule is CN(C)C(=O)c1ccc(N)c(Nc2cc(F)ccc2F)c1. The Morgan fingerprint density at radius 3 is 2.48 bits per heavy atom. The Morgan fingerprint density at radius 1 is 1.10 bits per heavy atom. The van der Waals surface area contributed by atoms with E-state index in [9.17, 15) is 13.6 Å². The predicted molar refractivity (Wildman–Crippen MR) is 78.5 cm³/mol. The lowest BCUT2D eigenvalue weighted by molar-refractivity contribution is 0.0827. The fraction of sp³-hybridized carbons (Fsp3) is 0.133. The maximum Gasteiger partial charge on any atom is 0.253 e. The maximum absolute atomic E-state index is 13.6. The Morgan fingerprint density at radius 2 is 1.81 bits per heavy atom. The number of nitrogen functional groups attached to an aromatic ring is 1. The Hall–Kier alpha value is -2.63. The number of hydrogen-bond acceptors (Lipinski definition) is 3. The van der Waals surface area contributed by atoms with E-state index in [-0.39, 0.29) is 11.6 Å². The van der Waals surface area contributed by atoms with E-state index in [1.807, 2.05) is 0 Å². The maximum atomic E-state index is 13.6. The minimum Gasteiger partial charge on any atom is -0.397 e. The molecule has 0 heterocycles. The lowest BCUT2D eigenvalue weighted by Crippen LogP contribution is -2.21. The average molecular weight is 291 g/mol. The molecule has 0 radical (unpaired) electrons. The molecule has 0 unspecified atom stereocenters.